The van der Waals surface area contributed by atoms with E-state index in [4.69, 9.17) is 0 Å². The molecule has 5 heteroatoms. The van der Waals surface area contributed by atoms with Crippen molar-refractivity contribution in [2.24, 2.45) is 0 Å². The van der Waals surface area contributed by atoms with E-state index >= 15 is 0 Å². The fourth-order valence-electron chi connectivity index (χ4n) is 11.6. The summed E-state index contributed by atoms with van der Waals surface area (Å²) in [6.45, 7) is 4.55. The summed E-state index contributed by atoms with van der Waals surface area (Å²) in [5, 5.41) is 5.62. The summed E-state index contributed by atoms with van der Waals surface area (Å²) in [6.07, 6.45) is 0. The molecule has 0 saturated heterocycles. The van der Waals surface area contributed by atoms with E-state index in [0.717, 1.165) is 17.1 Å². The summed E-state index contributed by atoms with van der Waals surface area (Å²) in [5.74, 6) is 0. The van der Waals surface area contributed by atoms with Gasteiger partial charge in [-0.1, -0.05) is 181 Å². The zero-order valence-electron chi connectivity index (χ0n) is 37.5. The number of anilines is 9. The maximum Gasteiger partial charge on any atom is 0.252 e. The maximum absolute atomic E-state index is 2.77. The van der Waals surface area contributed by atoms with Crippen LogP contribution in [0.2, 0.25) is 0 Å². The molecule has 10 aromatic carbocycles. The number of fused-ring (bicyclic) bond motifs is 6. The minimum absolute atomic E-state index is 0.0719. The molecule has 3 nitrogen and oxygen atoms in total. The monoisotopic (exact) mass is 871 g/mol. The quantitative estimate of drug-likeness (QED) is 0.154. The molecule has 13 rings (SSSR count). The van der Waals surface area contributed by atoms with Crippen LogP contribution in [-0.2, 0) is 0 Å². The molecular formula is C62H46BN3Si. The summed E-state index contributed by atoms with van der Waals surface area (Å²) in [6, 6.07) is 90.9. The summed E-state index contributed by atoms with van der Waals surface area (Å²) in [5.41, 5.74) is 19.6. The van der Waals surface area contributed by atoms with Gasteiger partial charge in [0.15, 0.2) is 8.07 Å². The predicted octanol–water partition coefficient (Wildman–Crippen LogP) is 11.2. The highest BCUT2D eigenvalue weighted by molar-refractivity contribution is 7.21. The van der Waals surface area contributed by atoms with Crippen molar-refractivity contribution in [3.05, 3.63) is 254 Å². The molecule has 0 unspecified atom stereocenters. The van der Waals surface area contributed by atoms with Crippen molar-refractivity contribution in [2.75, 3.05) is 14.7 Å². The third-order valence-electron chi connectivity index (χ3n) is 14.4. The van der Waals surface area contributed by atoms with E-state index in [1.54, 1.807) is 0 Å². The molecule has 0 aliphatic carbocycles. The lowest BCUT2D eigenvalue weighted by Crippen LogP contribution is -2.77. The van der Waals surface area contributed by atoms with Gasteiger partial charge in [0.1, 0.15) is 0 Å². The first-order valence-corrected chi connectivity index (χ1v) is 25.4. The van der Waals surface area contributed by atoms with Crippen LogP contribution < -0.4 is 51.8 Å². The maximum atomic E-state index is 2.52. The van der Waals surface area contributed by atoms with Crippen molar-refractivity contribution >= 4 is 103 Å². The second-order valence-electron chi connectivity index (χ2n) is 18.2. The number of para-hydroxylation sites is 4. The van der Waals surface area contributed by atoms with Gasteiger partial charge in [-0.05, 0) is 135 Å². The fourth-order valence-corrected chi connectivity index (χ4v) is 16.9. The van der Waals surface area contributed by atoms with Crippen LogP contribution >= 0.6 is 0 Å². The molecule has 316 valence electrons. The molecule has 67 heavy (non-hydrogen) atoms. The summed E-state index contributed by atoms with van der Waals surface area (Å²) in [4.78, 5) is 7.50. The minimum atomic E-state index is -2.77. The topological polar surface area (TPSA) is 9.72 Å². The summed E-state index contributed by atoms with van der Waals surface area (Å²) >= 11 is 0. The van der Waals surface area contributed by atoms with Crippen LogP contribution in [0.4, 0.5) is 51.2 Å². The zero-order valence-corrected chi connectivity index (χ0v) is 38.5. The van der Waals surface area contributed by atoms with Crippen molar-refractivity contribution in [1.29, 1.82) is 0 Å². The highest BCUT2D eigenvalue weighted by Crippen LogP contribution is 2.46. The van der Waals surface area contributed by atoms with Crippen molar-refractivity contribution in [3.63, 3.8) is 0 Å². The van der Waals surface area contributed by atoms with E-state index in [0.29, 0.717) is 0 Å². The van der Waals surface area contributed by atoms with E-state index in [-0.39, 0.29) is 6.71 Å². The first kappa shape index (κ1) is 39.3. The van der Waals surface area contributed by atoms with Crippen molar-refractivity contribution in [2.45, 2.75) is 13.8 Å². The van der Waals surface area contributed by atoms with Gasteiger partial charge in [-0.25, -0.2) is 0 Å². The van der Waals surface area contributed by atoms with Gasteiger partial charge in [-0.3, -0.25) is 0 Å². The molecular weight excluding hydrogens is 826 g/mol. The van der Waals surface area contributed by atoms with E-state index in [1.165, 1.54) is 93.5 Å². The Kier molecular flexibility index (Phi) is 9.09. The van der Waals surface area contributed by atoms with Crippen LogP contribution in [0.25, 0.3) is 11.1 Å². The van der Waals surface area contributed by atoms with E-state index in [2.05, 4.69) is 271 Å². The molecule has 3 heterocycles. The smallest absolute Gasteiger partial charge is 0.252 e. The molecule has 0 aromatic heterocycles. The summed E-state index contributed by atoms with van der Waals surface area (Å²) < 4.78 is 0. The molecule has 0 saturated carbocycles. The van der Waals surface area contributed by atoms with Gasteiger partial charge in [0.05, 0.1) is 0 Å². The predicted molar refractivity (Wildman–Crippen MR) is 287 cm³/mol. The first-order valence-electron chi connectivity index (χ1n) is 23.4. The van der Waals surface area contributed by atoms with Crippen molar-refractivity contribution < 1.29 is 0 Å². The van der Waals surface area contributed by atoms with Crippen LogP contribution in [0, 0.1) is 13.8 Å². The van der Waals surface area contributed by atoms with Gasteiger partial charge >= 0.3 is 0 Å². The van der Waals surface area contributed by atoms with Gasteiger partial charge in [-0.15, -0.1) is 0 Å². The third kappa shape index (κ3) is 5.98. The Balaban J connectivity index is 1.02. The van der Waals surface area contributed by atoms with Gasteiger partial charge in [0.25, 0.3) is 6.71 Å². The Morgan fingerprint density at radius 1 is 0.313 bits per heavy atom. The molecule has 0 bridgehead atoms. The Morgan fingerprint density at radius 3 is 1.16 bits per heavy atom. The van der Waals surface area contributed by atoms with Gasteiger partial charge in [0.2, 0.25) is 0 Å². The second-order valence-corrected chi connectivity index (χ2v) is 22.0. The lowest BCUT2D eigenvalue weighted by atomic mass is 9.33. The van der Waals surface area contributed by atoms with Crippen molar-refractivity contribution in [3.8, 4) is 11.1 Å². The molecule has 3 aliphatic heterocycles. The fraction of sp³-hybridized carbons (Fsp3) is 0.0323. The Morgan fingerprint density at radius 2 is 0.701 bits per heavy atom. The van der Waals surface area contributed by atoms with Gasteiger partial charge < -0.3 is 14.7 Å². The number of hydrogen-bond acceptors (Lipinski definition) is 3. The number of hydrogen-bond donors (Lipinski definition) is 0. The van der Waals surface area contributed by atoms with E-state index in [9.17, 15) is 0 Å². The molecule has 0 N–H and O–H groups in total. The zero-order chi connectivity index (χ0) is 44.6. The third-order valence-corrected chi connectivity index (χ3v) is 19.2. The van der Waals surface area contributed by atoms with Crippen LogP contribution in [0.5, 0.6) is 0 Å². The molecule has 0 fully saturated rings. The standard InChI is InChI=1S/C62H46BN3Si/c1-43-31-37-56-60(39-43)67(50-23-11-5-12-24-50,51-25-13-6-14-26-51)61-40-44(2)32-38-57(61)66(56)49-35-33-45(34-36-49)46-41-58-62-59(42-46)65(48-21-9-4-10-22-48)55-30-18-16-28-53(55)63(62)52-27-15-17-29-54(52)64(58)47-19-7-3-8-20-47/h3-42H,1-2H3. The minimum Gasteiger partial charge on any atom is -0.311 e. The number of aryl methyl sites for hydroxylation is 2. The SMILES string of the molecule is Cc1ccc2c(c1)[Si](c1ccccc1)(c1ccccc1)c1cc(C)ccc1N2c1ccc(-c2cc3c4c(c2)N(c2ccccc2)c2ccccc2B4c2ccccc2N3c2ccccc2)cc1. The normalized spacial score (nSPS) is 13.8. The van der Waals surface area contributed by atoms with Crippen LogP contribution in [-0.4, -0.2) is 14.8 Å². The Labute approximate surface area is 394 Å². The highest BCUT2D eigenvalue weighted by Gasteiger charge is 2.49. The average molecular weight is 872 g/mol. The second kappa shape index (κ2) is 15.5. The Hall–Kier alpha value is -8.12. The lowest BCUT2D eigenvalue weighted by molar-refractivity contribution is 1.25. The molecule has 0 spiro atoms. The molecule has 0 amide bonds. The molecule has 3 aliphatic rings. The van der Waals surface area contributed by atoms with Crippen molar-refractivity contribution in [1.82, 2.24) is 0 Å². The molecule has 0 radical (unpaired) electrons. The van der Waals surface area contributed by atoms with Gasteiger partial charge in [0, 0.05) is 51.2 Å². The Bertz CT molecular complexity index is 3300. The van der Waals surface area contributed by atoms with Crippen LogP contribution in [0.1, 0.15) is 11.1 Å². The number of benzene rings is 10. The molecule has 10 aromatic rings. The highest BCUT2D eigenvalue weighted by atomic mass is 28.3. The van der Waals surface area contributed by atoms with Gasteiger partial charge in [-0.2, -0.15) is 0 Å². The van der Waals surface area contributed by atoms with Crippen LogP contribution in [0.3, 0.4) is 0 Å². The van der Waals surface area contributed by atoms with E-state index in [1.807, 2.05) is 0 Å². The molecule has 0 atom stereocenters. The largest absolute Gasteiger partial charge is 0.311 e. The average Bonchev–Trinajstić information content (AvgIpc) is 3.39. The summed E-state index contributed by atoms with van der Waals surface area (Å²) in [7, 11) is -2.77. The first-order chi connectivity index (χ1) is 33.1. The number of rotatable bonds is 6. The van der Waals surface area contributed by atoms with E-state index < -0.39 is 8.07 Å². The number of nitrogens with zero attached hydrogens (tertiary/aromatic N) is 3. The van der Waals surface area contributed by atoms with Crippen LogP contribution in [0.15, 0.2) is 243 Å². The lowest BCUT2D eigenvalue weighted by Gasteiger charge is -2.45.